The van der Waals surface area contributed by atoms with Gasteiger partial charge in [0.25, 0.3) is 0 Å². The highest BCUT2D eigenvalue weighted by molar-refractivity contribution is 7.10. The van der Waals surface area contributed by atoms with E-state index >= 15 is 0 Å². The summed E-state index contributed by atoms with van der Waals surface area (Å²) in [6.07, 6.45) is 1.17. The van der Waals surface area contributed by atoms with Crippen LogP contribution < -0.4 is 0 Å². The molecule has 1 aromatic carbocycles. The Morgan fingerprint density at radius 1 is 1.11 bits per heavy atom. The van der Waals surface area contributed by atoms with Crippen molar-refractivity contribution in [1.29, 1.82) is 0 Å². The molecule has 0 spiro atoms. The first-order chi connectivity index (χ1) is 8.63. The van der Waals surface area contributed by atoms with Gasteiger partial charge in [0.05, 0.1) is 5.38 Å². The highest BCUT2D eigenvalue weighted by Crippen LogP contribution is 2.35. The van der Waals surface area contributed by atoms with E-state index in [0.717, 1.165) is 0 Å². The van der Waals surface area contributed by atoms with Gasteiger partial charge in [-0.25, -0.2) is 0 Å². The first-order valence-corrected chi connectivity index (χ1v) is 7.73. The van der Waals surface area contributed by atoms with Gasteiger partial charge in [0.1, 0.15) is 0 Å². The van der Waals surface area contributed by atoms with E-state index in [1.54, 1.807) is 11.3 Å². The van der Waals surface area contributed by atoms with Crippen LogP contribution in [0.25, 0.3) is 0 Å². The molecule has 2 aromatic rings. The Morgan fingerprint density at radius 2 is 1.72 bits per heavy atom. The van der Waals surface area contributed by atoms with Crippen LogP contribution in [0, 0.1) is 6.92 Å². The van der Waals surface area contributed by atoms with Gasteiger partial charge in [0.15, 0.2) is 0 Å². The molecule has 0 nitrogen and oxygen atoms in total. The molecule has 0 saturated carbocycles. The van der Waals surface area contributed by atoms with Crippen LogP contribution in [0.15, 0.2) is 35.7 Å². The predicted octanol–water partition coefficient (Wildman–Crippen LogP) is 5.90. The lowest BCUT2D eigenvalue weighted by atomic mass is 9.96. The highest BCUT2D eigenvalue weighted by atomic mass is 35.5. The normalized spacial score (nSPS) is 14.4. The number of rotatable bonds is 4. The van der Waals surface area contributed by atoms with Gasteiger partial charge < -0.3 is 0 Å². The summed E-state index contributed by atoms with van der Waals surface area (Å²) >= 11 is 8.29. The summed E-state index contributed by atoms with van der Waals surface area (Å²) in [5, 5.41) is 2.09. The molecule has 0 amide bonds. The molecule has 0 saturated heterocycles. The highest BCUT2D eigenvalue weighted by Gasteiger charge is 2.14. The van der Waals surface area contributed by atoms with E-state index in [1.165, 1.54) is 28.0 Å². The van der Waals surface area contributed by atoms with Crippen molar-refractivity contribution in [3.8, 4) is 0 Å². The van der Waals surface area contributed by atoms with Crippen LogP contribution in [-0.2, 0) is 0 Å². The van der Waals surface area contributed by atoms with Gasteiger partial charge in [-0.1, -0.05) is 38.1 Å². The van der Waals surface area contributed by atoms with E-state index in [9.17, 15) is 0 Å². The molecule has 2 rings (SSSR count). The van der Waals surface area contributed by atoms with Crippen molar-refractivity contribution in [2.75, 3.05) is 0 Å². The summed E-state index contributed by atoms with van der Waals surface area (Å²) in [5.41, 5.74) is 3.87. The number of thiophene rings is 1. The summed E-state index contributed by atoms with van der Waals surface area (Å²) in [5.74, 6) is 0.622. The molecular weight excluding hydrogens is 260 g/mol. The van der Waals surface area contributed by atoms with Gasteiger partial charge in [-0.3, -0.25) is 0 Å². The second-order valence-electron chi connectivity index (χ2n) is 4.81. The Morgan fingerprint density at radius 3 is 2.22 bits per heavy atom. The fourth-order valence-corrected chi connectivity index (χ4v) is 3.42. The minimum Gasteiger partial charge on any atom is -0.147 e. The lowest BCUT2D eigenvalue weighted by Gasteiger charge is -2.13. The zero-order valence-corrected chi connectivity index (χ0v) is 12.7. The molecule has 1 aromatic heterocycles. The van der Waals surface area contributed by atoms with Crippen LogP contribution in [0.5, 0.6) is 0 Å². The van der Waals surface area contributed by atoms with Crippen molar-refractivity contribution in [2.45, 2.75) is 38.5 Å². The maximum absolute atomic E-state index is 6.55. The van der Waals surface area contributed by atoms with E-state index < -0.39 is 0 Å². The first kappa shape index (κ1) is 13.6. The minimum atomic E-state index is -0.0176. The monoisotopic (exact) mass is 278 g/mol. The number of benzene rings is 1. The molecule has 0 aliphatic heterocycles. The summed E-state index contributed by atoms with van der Waals surface area (Å²) in [4.78, 5) is 1.26. The maximum atomic E-state index is 6.55. The van der Waals surface area contributed by atoms with E-state index in [4.69, 9.17) is 11.6 Å². The SMILES string of the molecule is CCC(C)c1ccc(C(Cl)c2sccc2C)cc1. The Kier molecular flexibility index (Phi) is 4.47. The summed E-state index contributed by atoms with van der Waals surface area (Å²) in [6, 6.07) is 10.9. The molecule has 1 heterocycles. The summed E-state index contributed by atoms with van der Waals surface area (Å²) in [6.45, 7) is 6.60. The largest absolute Gasteiger partial charge is 0.147 e. The number of hydrogen-bond donors (Lipinski definition) is 0. The van der Waals surface area contributed by atoms with Crippen molar-refractivity contribution in [3.63, 3.8) is 0 Å². The predicted molar refractivity (Wildman–Crippen MR) is 81.9 cm³/mol. The third-order valence-corrected chi connectivity index (χ3v) is 5.23. The lowest BCUT2D eigenvalue weighted by Crippen LogP contribution is -1.95. The third-order valence-electron chi connectivity index (χ3n) is 3.54. The van der Waals surface area contributed by atoms with E-state index in [1.807, 2.05) is 0 Å². The van der Waals surface area contributed by atoms with Gasteiger partial charge in [0, 0.05) is 4.88 Å². The first-order valence-electron chi connectivity index (χ1n) is 6.41. The molecule has 0 bridgehead atoms. The Labute approximate surface area is 119 Å². The molecule has 0 N–H and O–H groups in total. The van der Waals surface area contributed by atoms with Crippen molar-refractivity contribution < 1.29 is 0 Å². The zero-order valence-electron chi connectivity index (χ0n) is 11.1. The molecule has 96 valence electrons. The van der Waals surface area contributed by atoms with E-state index in [-0.39, 0.29) is 5.38 Å². The number of alkyl halides is 1. The molecule has 2 unspecified atom stereocenters. The molecule has 0 aliphatic rings. The van der Waals surface area contributed by atoms with Gasteiger partial charge in [-0.05, 0) is 47.4 Å². The average Bonchev–Trinajstić information content (AvgIpc) is 2.83. The molecule has 0 radical (unpaired) electrons. The van der Waals surface area contributed by atoms with Gasteiger partial charge >= 0.3 is 0 Å². The van der Waals surface area contributed by atoms with Crippen LogP contribution in [0.1, 0.15) is 53.1 Å². The van der Waals surface area contributed by atoms with Crippen molar-refractivity contribution in [2.24, 2.45) is 0 Å². The van der Waals surface area contributed by atoms with Crippen molar-refractivity contribution in [3.05, 3.63) is 57.3 Å². The van der Waals surface area contributed by atoms with Gasteiger partial charge in [0.2, 0.25) is 0 Å². The number of halogens is 1. The van der Waals surface area contributed by atoms with Crippen molar-refractivity contribution >= 4 is 22.9 Å². The van der Waals surface area contributed by atoms with E-state index in [2.05, 4.69) is 56.5 Å². The van der Waals surface area contributed by atoms with Gasteiger partial charge in [-0.2, -0.15) is 0 Å². The number of hydrogen-bond acceptors (Lipinski definition) is 1. The topological polar surface area (TPSA) is 0 Å². The fraction of sp³-hybridized carbons (Fsp3) is 0.375. The lowest BCUT2D eigenvalue weighted by molar-refractivity contribution is 0.733. The Hall–Kier alpha value is -0.790. The second-order valence-corrected chi connectivity index (χ2v) is 6.19. The third kappa shape index (κ3) is 2.78. The van der Waals surface area contributed by atoms with Crippen molar-refractivity contribution in [1.82, 2.24) is 0 Å². The molecule has 0 fully saturated rings. The Balaban J connectivity index is 2.22. The molecular formula is C16H19ClS. The maximum Gasteiger partial charge on any atom is 0.0930 e. The second kappa shape index (κ2) is 5.90. The average molecular weight is 279 g/mol. The molecule has 2 atom stereocenters. The molecule has 18 heavy (non-hydrogen) atoms. The summed E-state index contributed by atoms with van der Waals surface area (Å²) < 4.78 is 0. The zero-order chi connectivity index (χ0) is 13.1. The van der Waals surface area contributed by atoms with Crippen LogP contribution in [0.4, 0.5) is 0 Å². The van der Waals surface area contributed by atoms with Gasteiger partial charge in [-0.15, -0.1) is 22.9 Å². The van der Waals surface area contributed by atoms with Crippen LogP contribution in [-0.4, -0.2) is 0 Å². The molecule has 0 aliphatic carbocycles. The minimum absolute atomic E-state index is 0.0176. The quantitative estimate of drug-likeness (QED) is 0.611. The molecule has 2 heteroatoms. The van der Waals surface area contributed by atoms with Crippen LogP contribution >= 0.6 is 22.9 Å². The smallest absolute Gasteiger partial charge is 0.0930 e. The van der Waals surface area contributed by atoms with Crippen LogP contribution in [0.2, 0.25) is 0 Å². The summed E-state index contributed by atoms with van der Waals surface area (Å²) in [7, 11) is 0. The Bertz CT molecular complexity index is 498. The van der Waals surface area contributed by atoms with Crippen LogP contribution in [0.3, 0.4) is 0 Å². The number of aryl methyl sites for hydroxylation is 1. The fourth-order valence-electron chi connectivity index (χ4n) is 2.02. The van der Waals surface area contributed by atoms with E-state index in [0.29, 0.717) is 5.92 Å². The standard InChI is InChI=1S/C16H19ClS/c1-4-11(2)13-5-7-14(8-6-13)15(17)16-12(3)9-10-18-16/h5-11,15H,4H2,1-3H3.